The van der Waals surface area contributed by atoms with E-state index in [2.05, 4.69) is 42.0 Å². The van der Waals surface area contributed by atoms with Crippen molar-refractivity contribution in [1.29, 1.82) is 0 Å². The molecule has 1 unspecified atom stereocenters. The molecule has 13 heteroatoms. The number of carboxylic acids is 1. The van der Waals surface area contributed by atoms with Gasteiger partial charge in [0.25, 0.3) is 0 Å². The molecule has 0 fully saturated rings. The molecule has 3 rings (SSSR count). The normalized spacial score (nSPS) is 12.1. The van der Waals surface area contributed by atoms with Crippen LogP contribution in [0.1, 0.15) is 13.3 Å². The predicted octanol–water partition coefficient (Wildman–Crippen LogP) is 1.64. The Morgan fingerprint density at radius 3 is 2.83 bits per heavy atom. The molecule has 0 spiro atoms. The van der Waals surface area contributed by atoms with Gasteiger partial charge in [0.2, 0.25) is 11.6 Å². The molecule has 0 saturated carbocycles. The first kappa shape index (κ1) is 20.7. The molecule has 1 aromatic carbocycles. The standard InChI is InChI=1S/C16H16BrFN6O5/c1-2-11(15(25)26)19-5-6-20-13-12(21-29-22-13)14-23-28-16(27)24(14)8-3-4-10(18)9(17)7-8/h3-4,7,11,19H,2,5-6H2,1H3,(H,20,22)(H,25,26). The van der Waals surface area contributed by atoms with Crippen LogP contribution in [0, 0.1) is 5.82 Å². The molecular weight excluding hydrogens is 455 g/mol. The van der Waals surface area contributed by atoms with Gasteiger partial charge in [0.05, 0.1) is 10.2 Å². The summed E-state index contributed by atoms with van der Waals surface area (Å²) < 4.78 is 24.2. The van der Waals surface area contributed by atoms with Crippen LogP contribution in [0.5, 0.6) is 0 Å². The fourth-order valence-electron chi connectivity index (χ4n) is 2.54. The summed E-state index contributed by atoms with van der Waals surface area (Å²) in [5.74, 6) is -2.06. The molecule has 0 saturated heterocycles. The number of aromatic nitrogens is 4. The molecule has 2 heterocycles. The van der Waals surface area contributed by atoms with E-state index in [0.29, 0.717) is 25.2 Å². The second-order valence-electron chi connectivity index (χ2n) is 5.85. The third kappa shape index (κ3) is 4.51. The van der Waals surface area contributed by atoms with Crippen LogP contribution in [-0.4, -0.2) is 50.2 Å². The van der Waals surface area contributed by atoms with Crippen molar-refractivity contribution in [3.63, 3.8) is 0 Å². The third-order valence-electron chi connectivity index (χ3n) is 3.98. The number of aliphatic carboxylic acids is 1. The first-order valence-electron chi connectivity index (χ1n) is 8.49. The van der Waals surface area contributed by atoms with Gasteiger partial charge in [-0.15, -0.1) is 0 Å². The highest BCUT2D eigenvalue weighted by Crippen LogP contribution is 2.25. The second-order valence-corrected chi connectivity index (χ2v) is 6.70. The first-order valence-corrected chi connectivity index (χ1v) is 9.28. The van der Waals surface area contributed by atoms with E-state index < -0.39 is 23.6 Å². The number of benzene rings is 1. The van der Waals surface area contributed by atoms with Crippen LogP contribution in [0.2, 0.25) is 0 Å². The van der Waals surface area contributed by atoms with Crippen LogP contribution in [-0.2, 0) is 4.79 Å². The van der Waals surface area contributed by atoms with E-state index in [9.17, 15) is 14.0 Å². The van der Waals surface area contributed by atoms with Crippen molar-refractivity contribution in [2.24, 2.45) is 0 Å². The van der Waals surface area contributed by atoms with Gasteiger partial charge in [-0.2, -0.15) is 0 Å². The fraction of sp³-hybridized carbons (Fsp3) is 0.312. The lowest BCUT2D eigenvalue weighted by molar-refractivity contribution is -0.139. The molecule has 3 N–H and O–H groups in total. The van der Waals surface area contributed by atoms with Crippen LogP contribution in [0.25, 0.3) is 17.2 Å². The smallest absolute Gasteiger partial charge is 0.446 e. The summed E-state index contributed by atoms with van der Waals surface area (Å²) in [5.41, 5.74) is 0.393. The van der Waals surface area contributed by atoms with Gasteiger partial charge in [0, 0.05) is 13.1 Å². The van der Waals surface area contributed by atoms with E-state index in [1.807, 2.05) is 0 Å². The summed E-state index contributed by atoms with van der Waals surface area (Å²) in [6, 6.07) is 3.29. The topological polar surface area (TPSA) is 148 Å². The van der Waals surface area contributed by atoms with Gasteiger partial charge < -0.3 is 15.7 Å². The Morgan fingerprint density at radius 1 is 1.34 bits per heavy atom. The van der Waals surface area contributed by atoms with Gasteiger partial charge in [-0.3, -0.25) is 9.32 Å². The molecule has 0 aliphatic heterocycles. The fourth-order valence-corrected chi connectivity index (χ4v) is 2.90. The molecule has 0 aliphatic carbocycles. The molecule has 1 atom stereocenters. The lowest BCUT2D eigenvalue weighted by Gasteiger charge is -2.12. The van der Waals surface area contributed by atoms with E-state index in [4.69, 9.17) is 14.3 Å². The number of nitrogens with zero attached hydrogens (tertiary/aromatic N) is 4. The Labute approximate surface area is 171 Å². The maximum Gasteiger partial charge on any atom is 0.446 e. The predicted molar refractivity (Wildman–Crippen MR) is 101 cm³/mol. The first-order chi connectivity index (χ1) is 13.9. The van der Waals surface area contributed by atoms with Gasteiger partial charge in [-0.05, 0) is 50.9 Å². The summed E-state index contributed by atoms with van der Waals surface area (Å²) in [6.45, 7) is 2.39. The SMILES string of the molecule is CCC(NCCNc1nonc1-c1noc(=O)n1-c1ccc(F)c(Br)c1)C(=O)O. The van der Waals surface area contributed by atoms with Gasteiger partial charge >= 0.3 is 11.7 Å². The van der Waals surface area contributed by atoms with Crippen molar-refractivity contribution in [3.8, 4) is 17.2 Å². The minimum Gasteiger partial charge on any atom is -0.480 e. The van der Waals surface area contributed by atoms with Crippen LogP contribution >= 0.6 is 15.9 Å². The zero-order chi connectivity index (χ0) is 21.0. The maximum atomic E-state index is 13.5. The summed E-state index contributed by atoms with van der Waals surface area (Å²) in [5, 5.41) is 26.0. The maximum absolute atomic E-state index is 13.5. The molecule has 2 aromatic heterocycles. The zero-order valence-corrected chi connectivity index (χ0v) is 16.6. The van der Waals surface area contributed by atoms with E-state index in [1.165, 1.54) is 18.2 Å². The van der Waals surface area contributed by atoms with Crippen molar-refractivity contribution in [2.75, 3.05) is 18.4 Å². The number of anilines is 1. The summed E-state index contributed by atoms with van der Waals surface area (Å²) in [4.78, 5) is 23.1. The minimum atomic E-state index is -0.937. The number of rotatable bonds is 9. The van der Waals surface area contributed by atoms with Gasteiger partial charge in [-0.1, -0.05) is 12.1 Å². The van der Waals surface area contributed by atoms with Gasteiger partial charge in [0.15, 0.2) is 5.69 Å². The Bertz CT molecular complexity index is 1060. The number of carboxylic acid groups (broad SMARTS) is 1. The molecular formula is C16H16BrFN6O5. The van der Waals surface area contributed by atoms with Crippen molar-refractivity contribution < 1.29 is 23.4 Å². The number of hydrogen-bond donors (Lipinski definition) is 3. The van der Waals surface area contributed by atoms with Crippen LogP contribution in [0.4, 0.5) is 10.2 Å². The highest BCUT2D eigenvalue weighted by Gasteiger charge is 2.23. The average Bonchev–Trinajstić information content (AvgIpc) is 3.30. The lowest BCUT2D eigenvalue weighted by Crippen LogP contribution is -2.38. The molecule has 0 bridgehead atoms. The number of nitrogens with one attached hydrogen (secondary N) is 2. The second kappa shape index (κ2) is 8.96. The van der Waals surface area contributed by atoms with E-state index in [0.717, 1.165) is 4.57 Å². The summed E-state index contributed by atoms with van der Waals surface area (Å²) >= 11 is 3.06. The van der Waals surface area contributed by atoms with Crippen molar-refractivity contribution in [1.82, 2.24) is 25.4 Å². The molecule has 3 aromatic rings. The van der Waals surface area contributed by atoms with Crippen LogP contribution in [0.15, 0.2) is 36.6 Å². The number of hydrogen-bond acceptors (Lipinski definition) is 9. The van der Waals surface area contributed by atoms with E-state index in [-0.39, 0.29) is 21.8 Å². The average molecular weight is 471 g/mol. The van der Waals surface area contributed by atoms with E-state index in [1.54, 1.807) is 6.92 Å². The Kier molecular flexibility index (Phi) is 6.39. The molecule has 11 nitrogen and oxygen atoms in total. The Morgan fingerprint density at radius 2 is 2.14 bits per heavy atom. The monoisotopic (exact) mass is 470 g/mol. The molecule has 0 amide bonds. The van der Waals surface area contributed by atoms with Gasteiger partial charge in [0.1, 0.15) is 11.9 Å². The summed E-state index contributed by atoms with van der Waals surface area (Å²) in [7, 11) is 0. The van der Waals surface area contributed by atoms with E-state index >= 15 is 0 Å². The molecule has 154 valence electrons. The van der Waals surface area contributed by atoms with Crippen molar-refractivity contribution >= 4 is 27.7 Å². The Hall–Kier alpha value is -3.06. The zero-order valence-electron chi connectivity index (χ0n) is 15.1. The van der Waals surface area contributed by atoms with Gasteiger partial charge in [-0.25, -0.2) is 18.4 Å². The molecule has 29 heavy (non-hydrogen) atoms. The van der Waals surface area contributed by atoms with Crippen LogP contribution in [0.3, 0.4) is 0 Å². The third-order valence-corrected chi connectivity index (χ3v) is 4.59. The Balaban J connectivity index is 1.80. The summed E-state index contributed by atoms with van der Waals surface area (Å²) in [6.07, 6.45) is 0.435. The highest BCUT2D eigenvalue weighted by atomic mass is 79.9. The highest BCUT2D eigenvalue weighted by molar-refractivity contribution is 9.10. The minimum absolute atomic E-state index is 0.00203. The number of halogens is 2. The van der Waals surface area contributed by atoms with Crippen molar-refractivity contribution in [2.45, 2.75) is 19.4 Å². The van der Waals surface area contributed by atoms with Crippen LogP contribution < -0.4 is 16.4 Å². The lowest BCUT2D eigenvalue weighted by atomic mass is 10.2. The van der Waals surface area contributed by atoms with Crippen molar-refractivity contribution in [3.05, 3.63) is 39.0 Å². The molecule has 0 aliphatic rings. The quantitative estimate of drug-likeness (QED) is 0.394. The largest absolute Gasteiger partial charge is 0.480 e. The number of carbonyl (C=O) groups is 1. The molecule has 0 radical (unpaired) electrons.